The van der Waals surface area contributed by atoms with Crippen LogP contribution in [0.3, 0.4) is 0 Å². The van der Waals surface area contributed by atoms with Gasteiger partial charge in [-0.1, -0.05) is 55.0 Å². The lowest BCUT2D eigenvalue weighted by molar-refractivity contribution is -0.0509. The number of nitrogens with one attached hydrogen (secondary N) is 1. The highest BCUT2D eigenvalue weighted by molar-refractivity contribution is 6.36. The number of methoxy groups -OCH3 is 1. The molecule has 0 spiro atoms. The summed E-state index contributed by atoms with van der Waals surface area (Å²) in [6.07, 6.45) is 8.03. The van der Waals surface area contributed by atoms with Crippen LogP contribution in [0.4, 0.5) is 0 Å². The minimum absolute atomic E-state index is 0.117. The first-order valence-electron chi connectivity index (χ1n) is 7.78. The Morgan fingerprint density at radius 1 is 1.14 bits per heavy atom. The molecule has 4 heteroatoms. The third kappa shape index (κ3) is 3.92. The van der Waals surface area contributed by atoms with Crippen molar-refractivity contribution < 1.29 is 4.74 Å². The van der Waals surface area contributed by atoms with Crippen LogP contribution < -0.4 is 5.32 Å². The summed E-state index contributed by atoms with van der Waals surface area (Å²) in [6.45, 7) is 0. The second kappa shape index (κ2) is 7.82. The van der Waals surface area contributed by atoms with E-state index < -0.39 is 0 Å². The number of likely N-dealkylation sites (N-methyl/N-ethyl adjacent to an activating group) is 1. The molecule has 2 nitrogen and oxygen atoms in total. The molecule has 118 valence electrons. The lowest BCUT2D eigenvalue weighted by Gasteiger charge is -2.39. The predicted octanol–water partition coefficient (Wildman–Crippen LogP) is 4.86. The molecule has 0 amide bonds. The average Bonchev–Trinajstić information content (AvgIpc) is 2.73. The Balaban J connectivity index is 2.25. The van der Waals surface area contributed by atoms with E-state index >= 15 is 0 Å². The summed E-state index contributed by atoms with van der Waals surface area (Å²) >= 11 is 12.7. The van der Waals surface area contributed by atoms with Crippen LogP contribution in [0, 0.1) is 0 Å². The van der Waals surface area contributed by atoms with Crippen molar-refractivity contribution >= 4 is 23.2 Å². The van der Waals surface area contributed by atoms with Gasteiger partial charge in [-0.15, -0.1) is 0 Å². The maximum atomic E-state index is 6.34. The molecule has 1 aliphatic carbocycles. The molecule has 1 fully saturated rings. The number of benzene rings is 1. The van der Waals surface area contributed by atoms with Gasteiger partial charge >= 0.3 is 0 Å². The van der Waals surface area contributed by atoms with Crippen molar-refractivity contribution in [2.45, 2.75) is 56.6 Å². The van der Waals surface area contributed by atoms with E-state index in [9.17, 15) is 0 Å². The van der Waals surface area contributed by atoms with Gasteiger partial charge in [0.1, 0.15) is 0 Å². The predicted molar refractivity (Wildman–Crippen MR) is 90.5 cm³/mol. The van der Waals surface area contributed by atoms with E-state index in [1.165, 1.54) is 25.7 Å². The molecule has 2 rings (SSSR count). The molecule has 1 aromatic rings. The molecule has 0 aliphatic heterocycles. The molecule has 0 heterocycles. The van der Waals surface area contributed by atoms with Crippen LogP contribution in [0.2, 0.25) is 10.0 Å². The van der Waals surface area contributed by atoms with Crippen LogP contribution in [0.1, 0.15) is 44.1 Å². The molecule has 0 saturated heterocycles. The monoisotopic (exact) mass is 329 g/mol. The van der Waals surface area contributed by atoms with Gasteiger partial charge in [-0.25, -0.2) is 0 Å². The normalized spacial score (nSPS) is 20.0. The van der Waals surface area contributed by atoms with Crippen LogP contribution in [0.25, 0.3) is 0 Å². The summed E-state index contributed by atoms with van der Waals surface area (Å²) < 4.78 is 6.02. The van der Waals surface area contributed by atoms with E-state index in [0.29, 0.717) is 0 Å². The lowest BCUT2D eigenvalue weighted by atomic mass is 9.82. The number of halogens is 2. The fraction of sp³-hybridized carbons (Fsp3) is 0.647. The van der Waals surface area contributed by atoms with Gasteiger partial charge in [-0.3, -0.25) is 0 Å². The number of ether oxygens (including phenoxy) is 1. The van der Waals surface area contributed by atoms with Crippen LogP contribution >= 0.6 is 23.2 Å². The van der Waals surface area contributed by atoms with Crippen molar-refractivity contribution in [3.63, 3.8) is 0 Å². The fourth-order valence-electron chi connectivity index (χ4n) is 3.50. The first kappa shape index (κ1) is 17.1. The molecule has 0 bridgehead atoms. The molecule has 1 unspecified atom stereocenters. The van der Waals surface area contributed by atoms with Gasteiger partial charge in [0.15, 0.2) is 0 Å². The van der Waals surface area contributed by atoms with Gasteiger partial charge in [-0.2, -0.15) is 0 Å². The first-order chi connectivity index (χ1) is 10.1. The molecular formula is C17H25Cl2NO. The van der Waals surface area contributed by atoms with E-state index in [1.54, 1.807) is 0 Å². The molecule has 0 aromatic heterocycles. The molecule has 1 aromatic carbocycles. The molecule has 0 radical (unpaired) electrons. The highest BCUT2D eigenvalue weighted by atomic mass is 35.5. The maximum Gasteiger partial charge on any atom is 0.0834 e. The van der Waals surface area contributed by atoms with E-state index in [4.69, 9.17) is 27.9 Å². The Kier molecular flexibility index (Phi) is 6.36. The zero-order valence-corrected chi connectivity index (χ0v) is 14.4. The highest BCUT2D eigenvalue weighted by Gasteiger charge is 2.38. The Bertz CT molecular complexity index is 436. The number of rotatable bonds is 5. The summed E-state index contributed by atoms with van der Waals surface area (Å²) in [5.41, 5.74) is 0.897. The summed E-state index contributed by atoms with van der Waals surface area (Å²) in [7, 11) is 3.84. The van der Waals surface area contributed by atoms with Gasteiger partial charge in [0, 0.05) is 23.2 Å². The van der Waals surface area contributed by atoms with Gasteiger partial charge < -0.3 is 10.1 Å². The Morgan fingerprint density at radius 3 is 2.19 bits per heavy atom. The topological polar surface area (TPSA) is 21.3 Å². The Morgan fingerprint density at radius 2 is 1.71 bits per heavy atom. The third-order valence-corrected chi connectivity index (χ3v) is 5.52. The van der Waals surface area contributed by atoms with Crippen molar-refractivity contribution in [1.29, 1.82) is 0 Å². The highest BCUT2D eigenvalue weighted by Crippen LogP contribution is 2.36. The zero-order chi connectivity index (χ0) is 15.3. The van der Waals surface area contributed by atoms with Crippen LogP contribution in [-0.4, -0.2) is 25.8 Å². The Hall–Kier alpha value is -0.280. The van der Waals surface area contributed by atoms with Gasteiger partial charge in [0.05, 0.1) is 5.60 Å². The molecule has 1 atom stereocenters. The fourth-order valence-corrected chi connectivity index (χ4v) is 4.06. The van der Waals surface area contributed by atoms with Crippen molar-refractivity contribution in [2.24, 2.45) is 0 Å². The zero-order valence-electron chi connectivity index (χ0n) is 12.9. The van der Waals surface area contributed by atoms with E-state index in [-0.39, 0.29) is 11.6 Å². The number of hydrogen-bond acceptors (Lipinski definition) is 2. The molecule has 21 heavy (non-hydrogen) atoms. The minimum atomic E-state index is -0.117. The largest absolute Gasteiger partial charge is 0.377 e. The molecule has 1 N–H and O–H groups in total. The minimum Gasteiger partial charge on any atom is -0.377 e. The van der Waals surface area contributed by atoms with Crippen molar-refractivity contribution in [3.05, 3.63) is 33.8 Å². The van der Waals surface area contributed by atoms with Crippen molar-refractivity contribution in [3.8, 4) is 0 Å². The number of hydrogen-bond donors (Lipinski definition) is 1. The maximum absolute atomic E-state index is 6.34. The SMILES string of the molecule is CNC(Cc1c(Cl)cccc1Cl)C1(OC)CCCCCC1. The van der Waals surface area contributed by atoms with Gasteiger partial charge in [0.2, 0.25) is 0 Å². The quantitative estimate of drug-likeness (QED) is 0.778. The van der Waals surface area contributed by atoms with Gasteiger partial charge in [-0.05, 0) is 44.0 Å². The molecule has 1 saturated carbocycles. The van der Waals surface area contributed by atoms with E-state index in [0.717, 1.165) is 34.9 Å². The van der Waals surface area contributed by atoms with Crippen molar-refractivity contribution in [1.82, 2.24) is 5.32 Å². The van der Waals surface area contributed by atoms with Crippen LogP contribution in [0.5, 0.6) is 0 Å². The standard InChI is InChI=1S/C17H25Cl2NO/c1-20-16(12-13-14(18)8-7-9-15(13)19)17(21-2)10-5-3-4-6-11-17/h7-9,16,20H,3-6,10-12H2,1-2H3. The van der Waals surface area contributed by atoms with Crippen LogP contribution in [-0.2, 0) is 11.2 Å². The van der Waals surface area contributed by atoms with E-state index in [1.807, 2.05) is 32.4 Å². The summed E-state index contributed by atoms with van der Waals surface area (Å²) in [6, 6.07) is 5.92. The molecule has 1 aliphatic rings. The second-order valence-electron chi connectivity index (χ2n) is 5.93. The van der Waals surface area contributed by atoms with Crippen LogP contribution in [0.15, 0.2) is 18.2 Å². The molecular weight excluding hydrogens is 305 g/mol. The smallest absolute Gasteiger partial charge is 0.0834 e. The average molecular weight is 330 g/mol. The summed E-state index contributed by atoms with van der Waals surface area (Å²) in [5, 5.41) is 4.93. The summed E-state index contributed by atoms with van der Waals surface area (Å²) in [5.74, 6) is 0. The van der Waals surface area contributed by atoms with E-state index in [2.05, 4.69) is 5.32 Å². The summed E-state index contributed by atoms with van der Waals surface area (Å²) in [4.78, 5) is 0. The third-order valence-electron chi connectivity index (χ3n) is 4.81. The van der Waals surface area contributed by atoms with Gasteiger partial charge in [0.25, 0.3) is 0 Å². The Labute approximate surface area is 138 Å². The lowest BCUT2D eigenvalue weighted by Crippen LogP contribution is -2.52. The van der Waals surface area contributed by atoms with Crippen molar-refractivity contribution in [2.75, 3.05) is 14.2 Å². The first-order valence-corrected chi connectivity index (χ1v) is 8.54. The second-order valence-corrected chi connectivity index (χ2v) is 6.74.